The van der Waals surface area contributed by atoms with Gasteiger partial charge < -0.3 is 4.42 Å². The van der Waals surface area contributed by atoms with Crippen LogP contribution in [-0.2, 0) is 0 Å². The molecule has 0 saturated carbocycles. The molecule has 9 aromatic carbocycles. The molecule has 0 fully saturated rings. The summed E-state index contributed by atoms with van der Waals surface area (Å²) >= 11 is 0. The molecule has 0 radical (unpaired) electrons. The van der Waals surface area contributed by atoms with Crippen molar-refractivity contribution in [1.82, 2.24) is 0 Å². The van der Waals surface area contributed by atoms with Crippen LogP contribution in [0.2, 0.25) is 0 Å². The first-order valence-corrected chi connectivity index (χ1v) is 16.2. The van der Waals surface area contributed by atoms with Gasteiger partial charge in [-0.1, -0.05) is 152 Å². The van der Waals surface area contributed by atoms with Gasteiger partial charge in [0.2, 0.25) is 0 Å². The summed E-state index contributed by atoms with van der Waals surface area (Å²) in [4.78, 5) is 0. The van der Waals surface area contributed by atoms with Crippen LogP contribution >= 0.6 is 0 Å². The summed E-state index contributed by atoms with van der Waals surface area (Å²) in [5, 5.41) is 12.1. The fourth-order valence-electron chi connectivity index (χ4n) is 7.77. The second-order valence-electron chi connectivity index (χ2n) is 12.4. The lowest BCUT2D eigenvalue weighted by Crippen LogP contribution is -1.94. The van der Waals surface area contributed by atoms with Crippen LogP contribution in [0.4, 0.5) is 0 Å². The maximum Gasteiger partial charge on any atom is 0.143 e. The summed E-state index contributed by atoms with van der Waals surface area (Å²) in [6.45, 7) is 0. The van der Waals surface area contributed by atoms with Crippen molar-refractivity contribution in [2.75, 3.05) is 0 Å². The first-order valence-electron chi connectivity index (χ1n) is 16.2. The molecule has 0 aliphatic rings. The van der Waals surface area contributed by atoms with Crippen LogP contribution in [0.5, 0.6) is 0 Å². The minimum atomic E-state index is 0.911. The molecule has 0 spiro atoms. The molecule has 0 aliphatic heterocycles. The van der Waals surface area contributed by atoms with Crippen molar-refractivity contribution in [3.05, 3.63) is 170 Å². The highest BCUT2D eigenvalue weighted by atomic mass is 16.3. The first kappa shape index (κ1) is 26.1. The van der Waals surface area contributed by atoms with Crippen LogP contribution in [0.3, 0.4) is 0 Å². The predicted octanol–water partition coefficient (Wildman–Crippen LogP) is 13.2. The normalized spacial score (nSPS) is 11.8. The van der Waals surface area contributed by atoms with E-state index >= 15 is 0 Å². The number of fused-ring (bicyclic) bond motifs is 8. The van der Waals surface area contributed by atoms with Gasteiger partial charge in [-0.3, -0.25) is 0 Å². The van der Waals surface area contributed by atoms with Crippen molar-refractivity contribution in [3.8, 4) is 33.4 Å². The minimum Gasteiger partial charge on any atom is -0.455 e. The molecular formula is C46H28O. The molecule has 0 bridgehead atoms. The van der Waals surface area contributed by atoms with Gasteiger partial charge in [-0.15, -0.1) is 0 Å². The highest BCUT2D eigenvalue weighted by Crippen LogP contribution is 2.49. The van der Waals surface area contributed by atoms with Crippen molar-refractivity contribution in [3.63, 3.8) is 0 Å². The van der Waals surface area contributed by atoms with Crippen molar-refractivity contribution in [1.29, 1.82) is 0 Å². The number of rotatable bonds is 3. The third kappa shape index (κ3) is 3.90. The highest BCUT2D eigenvalue weighted by Gasteiger charge is 2.21. The molecule has 0 aliphatic carbocycles. The van der Waals surface area contributed by atoms with Crippen LogP contribution in [-0.4, -0.2) is 0 Å². The van der Waals surface area contributed by atoms with Gasteiger partial charge in [0.25, 0.3) is 0 Å². The van der Waals surface area contributed by atoms with E-state index in [1.165, 1.54) is 71.1 Å². The summed E-state index contributed by atoms with van der Waals surface area (Å²) in [7, 11) is 0. The van der Waals surface area contributed by atoms with E-state index in [2.05, 4.69) is 170 Å². The molecule has 1 aromatic heterocycles. The summed E-state index contributed by atoms with van der Waals surface area (Å²) in [5.74, 6) is 0. The van der Waals surface area contributed by atoms with Gasteiger partial charge in [-0.2, -0.15) is 0 Å². The van der Waals surface area contributed by atoms with Gasteiger partial charge in [0.05, 0.1) is 0 Å². The van der Waals surface area contributed by atoms with Crippen LogP contribution in [0, 0.1) is 0 Å². The third-order valence-electron chi connectivity index (χ3n) is 9.85. The molecule has 0 saturated heterocycles. The number of benzene rings is 9. The van der Waals surface area contributed by atoms with Gasteiger partial charge in [-0.05, 0) is 89.3 Å². The Hall–Kier alpha value is -6.18. The zero-order valence-electron chi connectivity index (χ0n) is 25.6. The summed E-state index contributed by atoms with van der Waals surface area (Å²) in [6.07, 6.45) is 0. The Kier molecular flexibility index (Phi) is 5.64. The second-order valence-corrected chi connectivity index (χ2v) is 12.4. The lowest BCUT2D eigenvalue weighted by atomic mass is 9.82. The Morgan fingerprint density at radius 1 is 0.298 bits per heavy atom. The van der Waals surface area contributed by atoms with Crippen molar-refractivity contribution >= 4 is 65.0 Å². The SMILES string of the molecule is c1ccc(-c2ccc3ccccc3c2-c2c3ccccc3c(-c3ccc4oc5c6ccccc6ccc5c4c3)c3ccccc23)cc1. The second kappa shape index (κ2) is 10.2. The first-order chi connectivity index (χ1) is 23.3. The third-order valence-corrected chi connectivity index (χ3v) is 9.85. The molecule has 0 amide bonds. The number of hydrogen-bond acceptors (Lipinski definition) is 1. The Balaban J connectivity index is 1.32. The van der Waals surface area contributed by atoms with E-state index in [0.29, 0.717) is 0 Å². The molecule has 1 heteroatoms. The average Bonchev–Trinajstić information content (AvgIpc) is 3.52. The molecule has 0 N–H and O–H groups in total. The van der Waals surface area contributed by atoms with E-state index in [1.807, 2.05) is 0 Å². The van der Waals surface area contributed by atoms with Gasteiger partial charge in [0.15, 0.2) is 0 Å². The Morgan fingerprint density at radius 3 is 1.55 bits per heavy atom. The van der Waals surface area contributed by atoms with Crippen LogP contribution in [0.15, 0.2) is 174 Å². The van der Waals surface area contributed by atoms with Gasteiger partial charge in [0, 0.05) is 16.2 Å². The topological polar surface area (TPSA) is 13.1 Å². The standard InChI is InChI=1S/C46H28O/c1-2-12-29(13-3-1)34-25-22-30-14-4-6-16-33(30)44(34)45-38-20-10-8-18-36(38)43(37-19-9-11-21-39(37)45)32-24-27-42-41(28-32)40-26-23-31-15-5-7-17-35(31)46(40)47-42/h1-28H. The van der Waals surface area contributed by atoms with E-state index in [1.54, 1.807) is 0 Å². The fraction of sp³-hybridized carbons (Fsp3) is 0. The number of hydrogen-bond donors (Lipinski definition) is 0. The zero-order valence-corrected chi connectivity index (χ0v) is 25.6. The van der Waals surface area contributed by atoms with Crippen molar-refractivity contribution in [2.24, 2.45) is 0 Å². The fourth-order valence-corrected chi connectivity index (χ4v) is 7.77. The Bertz CT molecular complexity index is 2780. The van der Waals surface area contributed by atoms with Gasteiger partial charge in [0.1, 0.15) is 11.2 Å². The Morgan fingerprint density at radius 2 is 0.851 bits per heavy atom. The van der Waals surface area contributed by atoms with Gasteiger partial charge >= 0.3 is 0 Å². The van der Waals surface area contributed by atoms with E-state index in [9.17, 15) is 0 Å². The van der Waals surface area contributed by atoms with E-state index < -0.39 is 0 Å². The minimum absolute atomic E-state index is 0.911. The van der Waals surface area contributed by atoms with Crippen molar-refractivity contribution < 1.29 is 4.42 Å². The summed E-state index contributed by atoms with van der Waals surface area (Å²) < 4.78 is 6.50. The molecule has 1 heterocycles. The largest absolute Gasteiger partial charge is 0.455 e. The highest BCUT2D eigenvalue weighted by molar-refractivity contribution is 6.26. The summed E-state index contributed by atoms with van der Waals surface area (Å²) in [5.41, 5.74) is 9.31. The zero-order chi connectivity index (χ0) is 30.9. The lowest BCUT2D eigenvalue weighted by molar-refractivity contribution is 0.672. The van der Waals surface area contributed by atoms with Crippen LogP contribution in [0.1, 0.15) is 0 Å². The van der Waals surface area contributed by atoms with Crippen LogP contribution in [0.25, 0.3) is 98.4 Å². The lowest BCUT2D eigenvalue weighted by Gasteiger charge is -2.21. The molecule has 1 nitrogen and oxygen atoms in total. The number of furan rings is 1. The molecule has 0 atom stereocenters. The molecule has 47 heavy (non-hydrogen) atoms. The van der Waals surface area contributed by atoms with E-state index in [-0.39, 0.29) is 0 Å². The van der Waals surface area contributed by atoms with Crippen molar-refractivity contribution in [2.45, 2.75) is 0 Å². The smallest absolute Gasteiger partial charge is 0.143 e. The molecule has 0 unspecified atom stereocenters. The van der Waals surface area contributed by atoms with Gasteiger partial charge in [-0.25, -0.2) is 0 Å². The molecule has 10 rings (SSSR count). The van der Waals surface area contributed by atoms with Crippen LogP contribution < -0.4 is 0 Å². The Labute approximate surface area is 271 Å². The predicted molar refractivity (Wildman–Crippen MR) is 200 cm³/mol. The summed E-state index contributed by atoms with van der Waals surface area (Å²) in [6, 6.07) is 61.6. The molecular weight excluding hydrogens is 569 g/mol. The maximum absolute atomic E-state index is 6.50. The van der Waals surface area contributed by atoms with E-state index in [0.717, 1.165) is 27.3 Å². The molecule has 10 aromatic rings. The maximum atomic E-state index is 6.50. The van der Waals surface area contributed by atoms with E-state index in [4.69, 9.17) is 4.42 Å². The molecule has 218 valence electrons. The monoisotopic (exact) mass is 596 g/mol. The quantitative estimate of drug-likeness (QED) is 0.185. The average molecular weight is 597 g/mol.